The molecule has 1 aromatic carbocycles. The van der Waals surface area contributed by atoms with Gasteiger partial charge in [-0.15, -0.1) is 0 Å². The van der Waals surface area contributed by atoms with Gasteiger partial charge in [-0.25, -0.2) is 9.59 Å². The van der Waals surface area contributed by atoms with E-state index in [-0.39, 0.29) is 5.54 Å². The van der Waals surface area contributed by atoms with Crippen molar-refractivity contribution in [2.75, 3.05) is 6.61 Å². The summed E-state index contributed by atoms with van der Waals surface area (Å²) < 4.78 is 5.60. The molecule has 6 nitrogen and oxygen atoms in total. The van der Waals surface area contributed by atoms with Crippen molar-refractivity contribution in [3.8, 4) is 0 Å². The fourth-order valence-electron chi connectivity index (χ4n) is 5.53. The topological polar surface area (TPSA) is 84.5 Å². The lowest BCUT2D eigenvalue weighted by Crippen LogP contribution is -2.62. The second-order valence-corrected chi connectivity index (χ2v) is 9.11. The van der Waals surface area contributed by atoms with Gasteiger partial charge in [0.2, 0.25) is 0 Å². The first-order chi connectivity index (χ1) is 12.9. The van der Waals surface area contributed by atoms with Gasteiger partial charge in [-0.2, -0.15) is 0 Å². The summed E-state index contributed by atoms with van der Waals surface area (Å²) >= 11 is 3.27. The lowest BCUT2D eigenvalue weighted by molar-refractivity contribution is -0.123. The third-order valence-corrected chi connectivity index (χ3v) is 6.79. The highest BCUT2D eigenvalue weighted by atomic mass is 79.9. The maximum absolute atomic E-state index is 12.3. The highest BCUT2D eigenvalue weighted by Crippen LogP contribution is 2.55. The molecule has 4 saturated carbocycles. The van der Waals surface area contributed by atoms with Crippen molar-refractivity contribution in [1.29, 1.82) is 0 Å². The number of rotatable bonds is 4. The van der Waals surface area contributed by atoms with Gasteiger partial charge < -0.3 is 10.1 Å². The number of esters is 1. The summed E-state index contributed by atoms with van der Waals surface area (Å²) in [6, 6.07) is 6.32. The predicted octanol–water partition coefficient (Wildman–Crippen LogP) is 3.40. The molecular formula is C20H23BrN2O4. The molecule has 4 bridgehead atoms. The summed E-state index contributed by atoms with van der Waals surface area (Å²) in [7, 11) is 0. The smallest absolute Gasteiger partial charge is 0.339 e. The van der Waals surface area contributed by atoms with Crippen LogP contribution in [0.3, 0.4) is 0 Å². The van der Waals surface area contributed by atoms with Crippen LogP contribution in [0, 0.1) is 17.8 Å². The second-order valence-electron chi connectivity index (χ2n) is 8.26. The Kier molecular flexibility index (Phi) is 4.97. The fraction of sp³-hybridized carbons (Fsp3) is 0.550. The molecule has 0 saturated heterocycles. The minimum atomic E-state index is -0.627. The van der Waals surface area contributed by atoms with Crippen molar-refractivity contribution >= 4 is 33.8 Å². The highest BCUT2D eigenvalue weighted by molar-refractivity contribution is 9.10. The zero-order valence-electron chi connectivity index (χ0n) is 15.0. The molecule has 0 unspecified atom stereocenters. The maximum atomic E-state index is 12.3. The summed E-state index contributed by atoms with van der Waals surface area (Å²) in [5, 5.41) is 5.36. The Morgan fingerprint density at radius 3 is 2.22 bits per heavy atom. The number of ether oxygens (including phenoxy) is 1. The fourth-order valence-corrected chi connectivity index (χ4v) is 5.98. The number of hydrogen-bond donors (Lipinski definition) is 2. The van der Waals surface area contributed by atoms with Gasteiger partial charge in [0, 0.05) is 10.0 Å². The van der Waals surface area contributed by atoms with E-state index in [9.17, 15) is 14.4 Å². The highest BCUT2D eigenvalue weighted by Gasteiger charge is 2.51. The lowest BCUT2D eigenvalue weighted by atomic mass is 9.53. The van der Waals surface area contributed by atoms with E-state index in [1.807, 2.05) is 0 Å². The van der Waals surface area contributed by atoms with Crippen LogP contribution in [-0.4, -0.2) is 30.1 Å². The van der Waals surface area contributed by atoms with Crippen molar-refractivity contribution < 1.29 is 19.1 Å². The number of carbonyl (C=O) groups excluding carboxylic acids is 3. The molecule has 27 heavy (non-hydrogen) atoms. The summed E-state index contributed by atoms with van der Waals surface area (Å²) in [6.07, 6.45) is 6.89. The van der Waals surface area contributed by atoms with E-state index < -0.39 is 24.5 Å². The first kappa shape index (κ1) is 18.5. The molecule has 4 aliphatic carbocycles. The van der Waals surface area contributed by atoms with Crippen LogP contribution in [0.1, 0.15) is 48.9 Å². The Balaban J connectivity index is 1.27. The molecule has 144 valence electrons. The minimum Gasteiger partial charge on any atom is -0.452 e. The van der Waals surface area contributed by atoms with Crippen LogP contribution >= 0.6 is 15.9 Å². The molecule has 4 aliphatic rings. The van der Waals surface area contributed by atoms with E-state index in [1.54, 1.807) is 24.3 Å². The average Bonchev–Trinajstić information content (AvgIpc) is 2.58. The van der Waals surface area contributed by atoms with Crippen LogP contribution in [0.25, 0.3) is 0 Å². The monoisotopic (exact) mass is 434 g/mol. The van der Waals surface area contributed by atoms with E-state index in [2.05, 4.69) is 26.6 Å². The van der Waals surface area contributed by atoms with Crippen molar-refractivity contribution in [1.82, 2.24) is 10.6 Å². The number of imide groups is 1. The summed E-state index contributed by atoms with van der Waals surface area (Å²) in [5.74, 6) is 0.879. The predicted molar refractivity (Wildman–Crippen MR) is 102 cm³/mol. The molecular weight excluding hydrogens is 412 g/mol. The lowest BCUT2D eigenvalue weighted by Gasteiger charge is -2.56. The maximum Gasteiger partial charge on any atom is 0.339 e. The number of nitrogens with one attached hydrogen (secondary N) is 2. The largest absolute Gasteiger partial charge is 0.452 e. The van der Waals surface area contributed by atoms with Gasteiger partial charge >= 0.3 is 12.0 Å². The normalized spacial score (nSPS) is 30.6. The van der Waals surface area contributed by atoms with Crippen LogP contribution in [0.4, 0.5) is 4.79 Å². The third kappa shape index (κ3) is 4.03. The summed E-state index contributed by atoms with van der Waals surface area (Å²) in [5.41, 5.74) is 0.174. The molecule has 7 heteroatoms. The molecule has 4 fully saturated rings. The SMILES string of the molecule is O=C(COC(=O)c1ccccc1Br)NC(=O)NC12CC3CC(CC(C3)C1)C2. The first-order valence-corrected chi connectivity index (χ1v) is 10.3. The second kappa shape index (κ2) is 7.26. The number of hydrogen-bond acceptors (Lipinski definition) is 4. The average molecular weight is 435 g/mol. The van der Waals surface area contributed by atoms with Crippen LogP contribution in [0.5, 0.6) is 0 Å². The van der Waals surface area contributed by atoms with Gasteiger partial charge in [-0.1, -0.05) is 12.1 Å². The Hall–Kier alpha value is -1.89. The van der Waals surface area contributed by atoms with Crippen LogP contribution in [0.2, 0.25) is 0 Å². The van der Waals surface area contributed by atoms with Crippen molar-refractivity contribution in [2.45, 2.75) is 44.1 Å². The number of amides is 3. The Morgan fingerprint density at radius 1 is 1.04 bits per heavy atom. The van der Waals surface area contributed by atoms with Gasteiger partial charge in [0.25, 0.3) is 5.91 Å². The Bertz CT molecular complexity index is 744. The van der Waals surface area contributed by atoms with Gasteiger partial charge in [-0.3, -0.25) is 10.1 Å². The molecule has 0 aliphatic heterocycles. The first-order valence-electron chi connectivity index (χ1n) is 9.46. The third-order valence-electron chi connectivity index (χ3n) is 6.10. The van der Waals surface area contributed by atoms with E-state index >= 15 is 0 Å². The van der Waals surface area contributed by atoms with Crippen molar-refractivity contribution in [3.05, 3.63) is 34.3 Å². The number of halogens is 1. The van der Waals surface area contributed by atoms with Crippen LogP contribution in [0.15, 0.2) is 28.7 Å². The summed E-state index contributed by atoms with van der Waals surface area (Å²) in [4.78, 5) is 36.3. The zero-order chi connectivity index (χ0) is 19.0. The van der Waals surface area contributed by atoms with Gasteiger partial charge in [-0.05, 0) is 84.3 Å². The van der Waals surface area contributed by atoms with Crippen molar-refractivity contribution in [3.63, 3.8) is 0 Å². The molecule has 2 N–H and O–H groups in total. The number of carbonyl (C=O) groups is 3. The molecule has 0 spiro atoms. The van der Waals surface area contributed by atoms with E-state index in [4.69, 9.17) is 4.74 Å². The number of benzene rings is 1. The van der Waals surface area contributed by atoms with Crippen LogP contribution in [-0.2, 0) is 9.53 Å². The molecule has 0 radical (unpaired) electrons. The molecule has 0 heterocycles. The summed E-state index contributed by atoms with van der Waals surface area (Å²) in [6.45, 7) is -0.492. The number of urea groups is 1. The van der Waals surface area contributed by atoms with Gasteiger partial charge in [0.1, 0.15) is 0 Å². The molecule has 0 aromatic heterocycles. The molecule has 0 atom stereocenters. The molecule has 5 rings (SSSR count). The molecule has 1 aromatic rings. The van der Waals surface area contributed by atoms with Gasteiger partial charge in [0.15, 0.2) is 6.61 Å². The Morgan fingerprint density at radius 2 is 1.63 bits per heavy atom. The van der Waals surface area contributed by atoms with Crippen molar-refractivity contribution in [2.24, 2.45) is 17.8 Å². The standard InChI is InChI=1S/C20H23BrN2O4/c21-16-4-2-1-3-15(16)18(25)27-11-17(24)22-19(26)23-20-8-12-5-13(9-20)7-14(6-12)10-20/h1-4,12-14H,5-11H2,(H2,22,23,24,26). The molecule has 3 amide bonds. The zero-order valence-corrected chi connectivity index (χ0v) is 16.6. The van der Waals surface area contributed by atoms with E-state index in [0.29, 0.717) is 27.8 Å². The Labute approximate surface area is 166 Å². The van der Waals surface area contributed by atoms with E-state index in [1.165, 1.54) is 19.3 Å². The van der Waals surface area contributed by atoms with Crippen LogP contribution < -0.4 is 10.6 Å². The van der Waals surface area contributed by atoms with Gasteiger partial charge in [0.05, 0.1) is 5.56 Å². The minimum absolute atomic E-state index is 0.162. The van der Waals surface area contributed by atoms with E-state index in [0.717, 1.165) is 19.3 Å². The quantitative estimate of drug-likeness (QED) is 0.711.